The van der Waals surface area contributed by atoms with Gasteiger partial charge in [-0.3, -0.25) is 9.59 Å². The molecule has 0 bridgehead atoms. The second kappa shape index (κ2) is 10.1. The Morgan fingerprint density at radius 1 is 0.862 bits per heavy atom. The van der Waals surface area contributed by atoms with E-state index in [0.717, 1.165) is 27.4 Å². The molecule has 0 unspecified atom stereocenters. The lowest BCUT2D eigenvalue weighted by atomic mass is 10.1. The normalized spacial score (nSPS) is 10.4. The molecule has 2 N–H and O–H groups in total. The summed E-state index contributed by atoms with van der Waals surface area (Å²) < 4.78 is 0. The van der Waals surface area contributed by atoms with Crippen molar-refractivity contribution >= 4 is 46.6 Å². The van der Waals surface area contributed by atoms with Gasteiger partial charge in [0, 0.05) is 21.3 Å². The number of anilines is 2. The maximum atomic E-state index is 12.2. The standard InChI is InChI=1S/C23H21ClN2O2S/c1-16-20(24)8-5-9-21(16)26-23(28)15-29-19-12-10-18(11-13-19)25-22(27)14-17-6-3-2-4-7-17/h2-13H,14-15H2,1H3,(H,25,27)(H,26,28). The van der Waals surface area contributed by atoms with Crippen LogP contribution in [-0.4, -0.2) is 17.6 Å². The number of benzene rings is 3. The van der Waals surface area contributed by atoms with Crippen molar-refractivity contribution in [2.24, 2.45) is 0 Å². The molecule has 0 fully saturated rings. The highest BCUT2D eigenvalue weighted by Crippen LogP contribution is 2.24. The summed E-state index contributed by atoms with van der Waals surface area (Å²) in [6.07, 6.45) is 0.334. The van der Waals surface area contributed by atoms with Gasteiger partial charge in [0.1, 0.15) is 0 Å². The molecule has 0 aliphatic heterocycles. The highest BCUT2D eigenvalue weighted by Gasteiger charge is 2.08. The summed E-state index contributed by atoms with van der Waals surface area (Å²) in [5.74, 6) is 0.125. The Labute approximate surface area is 179 Å². The van der Waals surface area contributed by atoms with Gasteiger partial charge in [0.2, 0.25) is 11.8 Å². The van der Waals surface area contributed by atoms with Gasteiger partial charge in [-0.2, -0.15) is 0 Å². The monoisotopic (exact) mass is 424 g/mol. The first-order chi connectivity index (χ1) is 14.0. The van der Waals surface area contributed by atoms with E-state index in [9.17, 15) is 9.59 Å². The Morgan fingerprint density at radius 3 is 2.31 bits per heavy atom. The molecule has 0 saturated carbocycles. The minimum Gasteiger partial charge on any atom is -0.326 e. The van der Waals surface area contributed by atoms with Crippen LogP contribution in [0.2, 0.25) is 5.02 Å². The van der Waals surface area contributed by atoms with Crippen molar-refractivity contribution in [2.75, 3.05) is 16.4 Å². The molecule has 0 heterocycles. The Hall–Kier alpha value is -2.76. The quantitative estimate of drug-likeness (QED) is 0.488. The number of hydrogen-bond acceptors (Lipinski definition) is 3. The molecule has 2 amide bonds. The Bertz CT molecular complexity index is 992. The number of carbonyl (C=O) groups excluding carboxylic acids is 2. The lowest BCUT2D eigenvalue weighted by molar-refractivity contribution is -0.115. The fourth-order valence-corrected chi connectivity index (χ4v) is 3.57. The number of rotatable bonds is 7. The second-order valence-electron chi connectivity index (χ2n) is 6.48. The van der Waals surface area contributed by atoms with Crippen molar-refractivity contribution < 1.29 is 9.59 Å². The number of nitrogens with one attached hydrogen (secondary N) is 2. The van der Waals surface area contributed by atoms with Gasteiger partial charge in [-0.15, -0.1) is 11.8 Å². The molecule has 0 atom stereocenters. The van der Waals surface area contributed by atoms with Gasteiger partial charge in [0.15, 0.2) is 0 Å². The highest BCUT2D eigenvalue weighted by atomic mass is 35.5. The van der Waals surface area contributed by atoms with Crippen molar-refractivity contribution in [2.45, 2.75) is 18.2 Å². The van der Waals surface area contributed by atoms with Crippen LogP contribution in [0.4, 0.5) is 11.4 Å². The summed E-state index contributed by atoms with van der Waals surface area (Å²) in [5, 5.41) is 6.39. The van der Waals surface area contributed by atoms with E-state index < -0.39 is 0 Å². The second-order valence-corrected chi connectivity index (χ2v) is 7.94. The van der Waals surface area contributed by atoms with E-state index >= 15 is 0 Å². The molecule has 0 radical (unpaired) electrons. The molecule has 148 valence electrons. The van der Waals surface area contributed by atoms with E-state index in [4.69, 9.17) is 11.6 Å². The molecule has 29 heavy (non-hydrogen) atoms. The third kappa shape index (κ3) is 6.38. The van der Waals surface area contributed by atoms with Crippen LogP contribution in [0.25, 0.3) is 0 Å². The summed E-state index contributed by atoms with van der Waals surface area (Å²) in [6.45, 7) is 1.87. The van der Waals surface area contributed by atoms with Crippen LogP contribution in [0.15, 0.2) is 77.7 Å². The largest absolute Gasteiger partial charge is 0.326 e. The van der Waals surface area contributed by atoms with Gasteiger partial charge in [0.05, 0.1) is 12.2 Å². The van der Waals surface area contributed by atoms with Gasteiger partial charge >= 0.3 is 0 Å². The number of halogens is 1. The predicted molar refractivity (Wildman–Crippen MR) is 121 cm³/mol. The van der Waals surface area contributed by atoms with Gasteiger partial charge in [0.25, 0.3) is 0 Å². The molecule has 0 saturated heterocycles. The first-order valence-corrected chi connectivity index (χ1v) is 10.5. The Balaban J connectivity index is 1.48. The van der Waals surface area contributed by atoms with E-state index in [-0.39, 0.29) is 17.6 Å². The molecular weight excluding hydrogens is 404 g/mol. The van der Waals surface area contributed by atoms with E-state index in [0.29, 0.717) is 11.4 Å². The summed E-state index contributed by atoms with van der Waals surface area (Å²) in [7, 11) is 0. The molecule has 6 heteroatoms. The molecule has 3 aromatic carbocycles. The van der Waals surface area contributed by atoms with Crippen LogP contribution < -0.4 is 10.6 Å². The maximum absolute atomic E-state index is 12.2. The predicted octanol–water partition coefficient (Wildman–Crippen LogP) is 5.56. The molecule has 0 spiro atoms. The van der Waals surface area contributed by atoms with Crippen LogP contribution in [0.1, 0.15) is 11.1 Å². The van der Waals surface area contributed by atoms with Gasteiger partial charge in [-0.25, -0.2) is 0 Å². The maximum Gasteiger partial charge on any atom is 0.234 e. The fraction of sp³-hybridized carbons (Fsp3) is 0.130. The van der Waals surface area contributed by atoms with E-state index in [1.54, 1.807) is 6.07 Å². The van der Waals surface area contributed by atoms with Gasteiger partial charge in [-0.1, -0.05) is 48.0 Å². The zero-order chi connectivity index (χ0) is 20.6. The van der Waals surface area contributed by atoms with E-state index in [1.165, 1.54) is 11.8 Å². The smallest absolute Gasteiger partial charge is 0.234 e. The van der Waals surface area contributed by atoms with Crippen molar-refractivity contribution in [3.63, 3.8) is 0 Å². The third-order valence-corrected chi connectivity index (χ3v) is 5.68. The highest BCUT2D eigenvalue weighted by molar-refractivity contribution is 8.00. The lowest BCUT2D eigenvalue weighted by Crippen LogP contribution is -2.15. The average Bonchev–Trinajstić information content (AvgIpc) is 2.71. The van der Waals surface area contributed by atoms with Crippen LogP contribution in [0.3, 0.4) is 0 Å². The number of amides is 2. The first-order valence-electron chi connectivity index (χ1n) is 9.13. The number of thioether (sulfide) groups is 1. The molecule has 0 aliphatic carbocycles. The zero-order valence-corrected chi connectivity index (χ0v) is 17.5. The summed E-state index contributed by atoms with van der Waals surface area (Å²) in [5.41, 5.74) is 3.27. The molecule has 4 nitrogen and oxygen atoms in total. The summed E-state index contributed by atoms with van der Waals surface area (Å²) >= 11 is 7.51. The fourth-order valence-electron chi connectivity index (χ4n) is 2.70. The van der Waals surface area contributed by atoms with Crippen molar-refractivity contribution in [3.8, 4) is 0 Å². The Morgan fingerprint density at radius 2 is 1.59 bits per heavy atom. The van der Waals surface area contributed by atoms with Gasteiger partial charge in [-0.05, 0) is 54.4 Å². The zero-order valence-electron chi connectivity index (χ0n) is 15.9. The minimum absolute atomic E-state index is 0.0622. The third-order valence-electron chi connectivity index (χ3n) is 4.26. The average molecular weight is 425 g/mol. The van der Waals surface area contributed by atoms with E-state index in [2.05, 4.69) is 10.6 Å². The molecule has 0 aliphatic rings. The first kappa shape index (κ1) is 21.0. The van der Waals surface area contributed by atoms with Crippen LogP contribution in [0, 0.1) is 6.92 Å². The molecule has 0 aromatic heterocycles. The number of hydrogen-bond donors (Lipinski definition) is 2. The molecule has 3 aromatic rings. The van der Waals surface area contributed by atoms with E-state index in [1.807, 2.05) is 73.7 Å². The van der Waals surface area contributed by atoms with Crippen molar-refractivity contribution in [3.05, 3.63) is 88.9 Å². The summed E-state index contributed by atoms with van der Waals surface area (Å²) in [4.78, 5) is 25.3. The minimum atomic E-state index is -0.0967. The number of carbonyl (C=O) groups is 2. The topological polar surface area (TPSA) is 58.2 Å². The van der Waals surface area contributed by atoms with Crippen molar-refractivity contribution in [1.82, 2.24) is 0 Å². The van der Waals surface area contributed by atoms with Crippen molar-refractivity contribution in [1.29, 1.82) is 0 Å². The Kier molecular flexibility index (Phi) is 7.33. The van der Waals surface area contributed by atoms with Crippen LogP contribution in [0.5, 0.6) is 0 Å². The molecular formula is C23H21ClN2O2S. The summed E-state index contributed by atoms with van der Waals surface area (Å²) in [6, 6.07) is 22.5. The SMILES string of the molecule is Cc1c(Cl)cccc1NC(=O)CSc1ccc(NC(=O)Cc2ccccc2)cc1. The van der Waals surface area contributed by atoms with Crippen LogP contribution in [-0.2, 0) is 16.0 Å². The lowest BCUT2D eigenvalue weighted by Gasteiger charge is -2.10. The molecule has 3 rings (SSSR count). The van der Waals surface area contributed by atoms with Crippen LogP contribution >= 0.6 is 23.4 Å². The van der Waals surface area contributed by atoms with Gasteiger partial charge < -0.3 is 10.6 Å².